The van der Waals surface area contributed by atoms with Crippen molar-refractivity contribution in [1.29, 1.82) is 1.43 Å². The SMILES string of the molecule is [2H]CC1OC(N2C=CC(=O)CC2=O)C(F)C1OP(OCCCCCCCCCCCCCCCC)N(C(C)C)C(C)C.[3H]OC. The number of hydrogen-bond donors (Lipinski definition) is 1. The number of rotatable bonds is 22. The van der Waals surface area contributed by atoms with Crippen molar-refractivity contribution in [2.24, 2.45) is 0 Å². The van der Waals surface area contributed by atoms with Gasteiger partial charge >= 0.3 is 0 Å². The van der Waals surface area contributed by atoms with Crippen LogP contribution in [0.2, 0.25) is 0 Å². The zero-order valence-corrected chi connectivity index (χ0v) is 28.7. The average Bonchev–Trinajstić information content (AvgIpc) is 3.29. The first-order valence-electron chi connectivity index (χ1n) is 17.7. The summed E-state index contributed by atoms with van der Waals surface area (Å²) in [7, 11) is -0.323. The van der Waals surface area contributed by atoms with Crippen LogP contribution >= 0.6 is 8.53 Å². The second-order valence-electron chi connectivity index (χ2n) is 12.1. The summed E-state index contributed by atoms with van der Waals surface area (Å²) in [6.45, 7) is 10.8. The maximum atomic E-state index is 15.8. The van der Waals surface area contributed by atoms with Gasteiger partial charge < -0.3 is 18.9 Å². The van der Waals surface area contributed by atoms with Gasteiger partial charge in [0.05, 0.1) is 19.1 Å². The Morgan fingerprint density at radius 3 is 2.02 bits per heavy atom. The molecule has 2 aliphatic heterocycles. The minimum absolute atomic E-state index is 0.107. The molecular weight excluding hydrogens is 570 g/mol. The predicted molar refractivity (Wildman–Crippen MR) is 173 cm³/mol. The standard InChI is InChI=1S/C32H58FN2O5P.CH4O/c1-7-8-9-10-11-12-13-14-15-16-17-18-19-20-23-38-41(35(25(2)3)26(4)5)40-31-27(6)39-32(30(31)33)34-22-21-28(36)24-29(34)37;1-2/h21-22,25-27,30-32H,7-20,23-24H2,1-6H3;2H,1H3/i6D;2T. The first-order chi connectivity index (χ1) is 21.6. The van der Waals surface area contributed by atoms with Gasteiger partial charge in [-0.2, -0.15) is 0 Å². The van der Waals surface area contributed by atoms with E-state index in [1.165, 1.54) is 96.4 Å². The maximum absolute atomic E-state index is 15.8. The van der Waals surface area contributed by atoms with E-state index in [0.717, 1.165) is 17.7 Å². The van der Waals surface area contributed by atoms with Gasteiger partial charge in [-0.25, -0.2) is 9.06 Å². The molecule has 43 heavy (non-hydrogen) atoms. The third-order valence-electron chi connectivity index (χ3n) is 7.73. The Bertz CT molecular complexity index is 820. The van der Waals surface area contributed by atoms with E-state index in [0.29, 0.717) is 6.61 Å². The first kappa shape index (κ1) is 36.5. The third-order valence-corrected chi connectivity index (χ3v) is 9.86. The Labute approximate surface area is 265 Å². The summed E-state index contributed by atoms with van der Waals surface area (Å²) in [6.07, 6.45) is 15.4. The highest BCUT2D eigenvalue weighted by Gasteiger charge is 2.50. The van der Waals surface area contributed by atoms with Crippen LogP contribution in [0.1, 0.15) is 139 Å². The summed E-state index contributed by atoms with van der Waals surface area (Å²) in [6, 6.07) is 0.214. The first-order valence-corrected chi connectivity index (χ1v) is 17.7. The van der Waals surface area contributed by atoms with Crippen molar-refractivity contribution in [1.82, 2.24) is 9.57 Å². The topological polar surface area (TPSA) is 88.5 Å². The molecule has 1 fully saturated rings. The van der Waals surface area contributed by atoms with E-state index >= 15 is 4.39 Å². The lowest BCUT2D eigenvalue weighted by Gasteiger charge is -2.37. The van der Waals surface area contributed by atoms with Gasteiger partial charge in [0.25, 0.3) is 8.53 Å². The number of aliphatic hydroxyl groups excluding tert-OH is 1. The Morgan fingerprint density at radius 2 is 1.56 bits per heavy atom. The molecule has 8 nitrogen and oxygen atoms in total. The van der Waals surface area contributed by atoms with Crippen LogP contribution in [0, 0.1) is 0 Å². The number of alkyl halides is 1. The second-order valence-corrected chi connectivity index (χ2v) is 13.5. The molecule has 0 aromatic heterocycles. The highest BCUT2D eigenvalue weighted by atomic mass is 31.2. The number of amides is 1. The number of carbonyl (C=O) groups excluding carboxylic acids is 2. The van der Waals surface area contributed by atoms with Crippen molar-refractivity contribution in [2.75, 3.05) is 13.7 Å². The lowest BCUT2D eigenvalue weighted by molar-refractivity contribution is -0.145. The van der Waals surface area contributed by atoms with Crippen LogP contribution in [0.5, 0.6) is 0 Å². The molecule has 2 aliphatic rings. The van der Waals surface area contributed by atoms with Gasteiger partial charge in [0, 0.05) is 26.8 Å². The van der Waals surface area contributed by atoms with Crippen LogP contribution in [-0.4, -0.2) is 78.2 Å². The lowest BCUT2D eigenvalue weighted by Crippen LogP contribution is -2.45. The van der Waals surface area contributed by atoms with E-state index in [1.807, 2.05) is 0 Å². The molecular formula is C33H62FN2O6P. The number of allylic oxidation sites excluding steroid dienone is 1. The molecule has 0 bridgehead atoms. The van der Waals surface area contributed by atoms with Crippen LogP contribution in [0.4, 0.5) is 4.39 Å². The fourth-order valence-electron chi connectivity index (χ4n) is 5.48. The molecule has 5 unspecified atom stereocenters. The second kappa shape index (κ2) is 23.4. The summed E-state index contributed by atoms with van der Waals surface area (Å²) in [4.78, 5) is 25.1. The van der Waals surface area contributed by atoms with Gasteiger partial charge in [-0.05, 0) is 47.1 Å². The maximum Gasteiger partial charge on any atom is 0.259 e. The molecule has 0 spiro atoms. The highest BCUT2D eigenvalue weighted by Crippen LogP contribution is 2.50. The fraction of sp³-hybridized carbons (Fsp3) is 0.879. The smallest absolute Gasteiger partial charge is 0.259 e. The van der Waals surface area contributed by atoms with Gasteiger partial charge in [0.2, 0.25) is 7.34 Å². The molecule has 1 amide bonds. The Hall–Kier alpha value is -0.960. The fourth-order valence-corrected chi connectivity index (χ4v) is 7.29. The van der Waals surface area contributed by atoms with E-state index in [2.05, 4.69) is 44.4 Å². The summed E-state index contributed by atoms with van der Waals surface area (Å²) in [5, 5.41) is 3.50. The van der Waals surface area contributed by atoms with E-state index in [4.69, 9.17) is 16.6 Å². The number of aliphatic hydroxyl groups is 1. The number of hydrogen-bond acceptors (Lipinski definition) is 7. The predicted octanol–water partition coefficient (Wildman–Crippen LogP) is 8.22. The summed E-state index contributed by atoms with van der Waals surface area (Å²) in [5.41, 5.74) is 0. The minimum atomic E-state index is -1.67. The summed E-state index contributed by atoms with van der Waals surface area (Å²) < 4.78 is 50.0. The van der Waals surface area contributed by atoms with Gasteiger partial charge in [0.1, 0.15) is 6.10 Å². The monoisotopic (exact) mass is 635 g/mol. The molecule has 10 heteroatoms. The van der Waals surface area contributed by atoms with Gasteiger partial charge in [0.15, 0.2) is 18.2 Å². The van der Waals surface area contributed by atoms with Crippen LogP contribution in [0.3, 0.4) is 0 Å². The summed E-state index contributed by atoms with van der Waals surface area (Å²) in [5.74, 6) is -0.832. The molecule has 0 aromatic rings. The minimum Gasteiger partial charge on any atom is -0.400 e. The van der Waals surface area contributed by atoms with E-state index < -0.39 is 39.0 Å². The van der Waals surface area contributed by atoms with Crippen molar-refractivity contribution >= 4 is 20.2 Å². The highest BCUT2D eigenvalue weighted by molar-refractivity contribution is 7.44. The summed E-state index contributed by atoms with van der Waals surface area (Å²) >= 11 is 0. The Morgan fingerprint density at radius 1 is 1.05 bits per heavy atom. The number of halogens is 1. The van der Waals surface area contributed by atoms with Crippen LogP contribution in [0.15, 0.2) is 12.3 Å². The molecule has 0 radical (unpaired) electrons. The Balaban J connectivity index is 0.00000324. The molecule has 2 rings (SSSR count). The zero-order chi connectivity index (χ0) is 33.6. The molecule has 0 saturated carbocycles. The van der Waals surface area contributed by atoms with Crippen LogP contribution in [-0.2, 0) is 23.4 Å². The number of ether oxygens (including phenoxy) is 1. The number of unbranched alkanes of at least 4 members (excludes halogenated alkanes) is 13. The molecule has 1 N–H and O–H groups in total. The quantitative estimate of drug-likeness (QED) is 0.0728. The van der Waals surface area contributed by atoms with E-state index in [-0.39, 0.29) is 31.2 Å². The third kappa shape index (κ3) is 14.8. The average molecular weight is 636 g/mol. The lowest BCUT2D eigenvalue weighted by atomic mass is 10.0. The molecule has 2 heterocycles. The Kier molecular flexibility index (Phi) is 19.9. The van der Waals surface area contributed by atoms with Crippen molar-refractivity contribution in [3.05, 3.63) is 12.3 Å². The molecule has 252 valence electrons. The number of nitrogens with zero attached hydrogens (tertiary/aromatic N) is 2. The van der Waals surface area contributed by atoms with Crippen molar-refractivity contribution in [3.63, 3.8) is 0 Å². The van der Waals surface area contributed by atoms with E-state index in [1.54, 1.807) is 0 Å². The zero-order valence-electron chi connectivity index (χ0n) is 29.8. The molecule has 0 aliphatic carbocycles. The number of ketones is 1. The normalized spacial score (nSPS) is 23.6. The van der Waals surface area contributed by atoms with Crippen molar-refractivity contribution < 1.29 is 34.2 Å². The molecule has 0 aromatic carbocycles. The van der Waals surface area contributed by atoms with Crippen LogP contribution < -0.4 is 0 Å². The van der Waals surface area contributed by atoms with Crippen molar-refractivity contribution in [2.45, 2.75) is 175 Å². The van der Waals surface area contributed by atoms with Crippen molar-refractivity contribution in [3.8, 4) is 0 Å². The number of carbonyl (C=O) groups is 2. The van der Waals surface area contributed by atoms with E-state index in [9.17, 15) is 9.59 Å². The van der Waals surface area contributed by atoms with Gasteiger partial charge in [-0.3, -0.25) is 14.5 Å². The van der Waals surface area contributed by atoms with Gasteiger partial charge in [-0.1, -0.05) is 90.4 Å². The largest absolute Gasteiger partial charge is 0.400 e. The molecule has 1 saturated heterocycles. The molecule has 5 atom stereocenters. The van der Waals surface area contributed by atoms with Crippen LogP contribution in [0.25, 0.3) is 0 Å². The van der Waals surface area contributed by atoms with Gasteiger partial charge in [-0.15, -0.1) is 0 Å².